The number of methoxy groups -OCH3 is 1. The fraction of sp³-hybridized carbons (Fsp3) is 0.0526. The fourth-order valence-corrected chi connectivity index (χ4v) is 2.51. The van der Waals surface area contributed by atoms with Crippen LogP contribution in [-0.4, -0.2) is 18.4 Å². The first-order valence-corrected chi connectivity index (χ1v) is 7.89. The zero-order valence-corrected chi connectivity index (χ0v) is 14.0. The third kappa shape index (κ3) is 3.88. The predicted octanol–water partition coefficient (Wildman–Crippen LogP) is 4.17. The van der Waals surface area contributed by atoms with E-state index in [1.54, 1.807) is 13.3 Å². The van der Waals surface area contributed by atoms with Gasteiger partial charge in [-0.3, -0.25) is 5.43 Å². The van der Waals surface area contributed by atoms with Gasteiger partial charge in [-0.1, -0.05) is 48.5 Å². The monoisotopic (exact) mass is 335 g/mol. The predicted molar refractivity (Wildman–Crippen MR) is 104 cm³/mol. The number of hydrazone groups is 1. The lowest BCUT2D eigenvalue weighted by molar-refractivity contribution is 0.417. The summed E-state index contributed by atoms with van der Waals surface area (Å²) >= 11 is 5.24. The Bertz CT molecular complexity index is 892. The van der Waals surface area contributed by atoms with Gasteiger partial charge in [0, 0.05) is 0 Å². The van der Waals surface area contributed by atoms with Gasteiger partial charge in [-0.25, -0.2) is 0 Å². The van der Waals surface area contributed by atoms with Crippen LogP contribution in [0, 0.1) is 0 Å². The van der Waals surface area contributed by atoms with Crippen molar-refractivity contribution in [3.05, 3.63) is 72.3 Å². The molecule has 0 heterocycles. The smallest absolute Gasteiger partial charge is 0.191 e. The molecule has 0 spiro atoms. The van der Waals surface area contributed by atoms with Gasteiger partial charge in [-0.15, -0.1) is 0 Å². The Balaban J connectivity index is 1.63. The molecule has 3 rings (SSSR count). The number of para-hydroxylation sites is 2. The van der Waals surface area contributed by atoms with Crippen molar-refractivity contribution in [1.29, 1.82) is 0 Å². The standard InChI is InChI=1S/C19H17N3OS/c1-23-18-9-5-4-8-17(18)21-19(24)22-20-13-14-10-11-15-6-2-3-7-16(15)12-14/h2-13H,1H3,(H2,21,22,24)/b20-13-. The lowest BCUT2D eigenvalue weighted by Crippen LogP contribution is -2.24. The summed E-state index contributed by atoms with van der Waals surface area (Å²) in [4.78, 5) is 0. The Labute approximate surface area is 146 Å². The minimum atomic E-state index is 0.400. The second kappa shape index (κ2) is 7.57. The summed E-state index contributed by atoms with van der Waals surface area (Å²) in [7, 11) is 1.62. The Morgan fingerprint density at radius 1 is 1.00 bits per heavy atom. The maximum Gasteiger partial charge on any atom is 0.191 e. The second-order valence-electron chi connectivity index (χ2n) is 5.13. The second-order valence-corrected chi connectivity index (χ2v) is 5.54. The molecule has 0 fully saturated rings. The number of thiocarbonyl (C=S) groups is 1. The van der Waals surface area contributed by atoms with Crippen LogP contribution < -0.4 is 15.5 Å². The van der Waals surface area contributed by atoms with Crippen molar-refractivity contribution in [3.63, 3.8) is 0 Å². The lowest BCUT2D eigenvalue weighted by Gasteiger charge is -2.10. The van der Waals surface area contributed by atoms with Gasteiger partial charge >= 0.3 is 0 Å². The Morgan fingerprint density at radius 2 is 1.75 bits per heavy atom. The third-order valence-electron chi connectivity index (χ3n) is 3.51. The van der Waals surface area contributed by atoms with E-state index >= 15 is 0 Å². The van der Waals surface area contributed by atoms with E-state index in [1.165, 1.54) is 10.8 Å². The van der Waals surface area contributed by atoms with Crippen LogP contribution in [0.4, 0.5) is 5.69 Å². The van der Waals surface area contributed by atoms with Crippen LogP contribution in [-0.2, 0) is 0 Å². The molecule has 3 aromatic carbocycles. The van der Waals surface area contributed by atoms with Gasteiger partial charge < -0.3 is 10.1 Å². The van der Waals surface area contributed by atoms with Crippen molar-refractivity contribution in [3.8, 4) is 5.75 Å². The number of nitrogens with zero attached hydrogens (tertiary/aromatic N) is 1. The Morgan fingerprint density at radius 3 is 2.58 bits per heavy atom. The van der Waals surface area contributed by atoms with Crippen LogP contribution in [0.15, 0.2) is 71.8 Å². The average molecular weight is 335 g/mol. The quantitative estimate of drug-likeness (QED) is 0.427. The summed E-state index contributed by atoms with van der Waals surface area (Å²) in [5, 5.41) is 10.0. The van der Waals surface area contributed by atoms with E-state index in [0.29, 0.717) is 5.11 Å². The summed E-state index contributed by atoms with van der Waals surface area (Å²) in [6, 6.07) is 21.9. The molecule has 0 aliphatic heterocycles. The van der Waals surface area contributed by atoms with Gasteiger partial charge in [0.15, 0.2) is 5.11 Å². The van der Waals surface area contributed by atoms with E-state index < -0.39 is 0 Å². The molecule has 4 nitrogen and oxygen atoms in total. The molecule has 0 radical (unpaired) electrons. The highest BCUT2D eigenvalue weighted by Crippen LogP contribution is 2.22. The van der Waals surface area contributed by atoms with Crippen LogP contribution >= 0.6 is 12.2 Å². The fourth-order valence-electron chi connectivity index (χ4n) is 2.35. The molecule has 5 heteroatoms. The molecule has 0 saturated carbocycles. The van der Waals surface area contributed by atoms with Gasteiger partial charge in [0.05, 0.1) is 19.0 Å². The molecular formula is C19H17N3OS. The molecule has 120 valence electrons. The highest BCUT2D eigenvalue weighted by atomic mass is 32.1. The number of ether oxygens (including phenoxy) is 1. The van der Waals surface area contributed by atoms with E-state index in [9.17, 15) is 0 Å². The van der Waals surface area contributed by atoms with Crippen molar-refractivity contribution >= 4 is 40.0 Å². The molecule has 0 unspecified atom stereocenters. The van der Waals surface area contributed by atoms with Crippen molar-refractivity contribution in [2.45, 2.75) is 0 Å². The summed E-state index contributed by atoms with van der Waals surface area (Å²) in [5.41, 5.74) is 4.60. The molecule has 24 heavy (non-hydrogen) atoms. The highest BCUT2D eigenvalue weighted by Gasteiger charge is 2.02. The third-order valence-corrected chi connectivity index (χ3v) is 3.70. The zero-order chi connectivity index (χ0) is 16.8. The molecule has 0 aliphatic rings. The molecule has 2 N–H and O–H groups in total. The maximum atomic E-state index is 5.27. The van der Waals surface area contributed by atoms with Gasteiger partial charge in [0.25, 0.3) is 0 Å². The average Bonchev–Trinajstić information content (AvgIpc) is 2.62. The maximum absolute atomic E-state index is 5.27. The van der Waals surface area contributed by atoms with Crippen molar-refractivity contribution in [2.24, 2.45) is 5.10 Å². The number of hydrogen-bond acceptors (Lipinski definition) is 3. The number of fused-ring (bicyclic) bond motifs is 1. The van der Waals surface area contributed by atoms with E-state index in [4.69, 9.17) is 17.0 Å². The SMILES string of the molecule is COc1ccccc1NC(=S)N/N=C\c1ccc2ccccc2c1. The molecule has 0 atom stereocenters. The first-order valence-electron chi connectivity index (χ1n) is 7.48. The van der Waals surface area contributed by atoms with Crippen molar-refractivity contribution < 1.29 is 4.74 Å². The Kier molecular flexibility index (Phi) is 5.03. The van der Waals surface area contributed by atoms with Gasteiger partial charge in [0.2, 0.25) is 0 Å². The van der Waals surface area contributed by atoms with Gasteiger partial charge in [0.1, 0.15) is 5.75 Å². The zero-order valence-electron chi connectivity index (χ0n) is 13.2. The number of hydrogen-bond donors (Lipinski definition) is 2. The molecule has 3 aromatic rings. The van der Waals surface area contributed by atoms with Crippen molar-refractivity contribution in [2.75, 3.05) is 12.4 Å². The number of nitrogens with one attached hydrogen (secondary N) is 2. The minimum Gasteiger partial charge on any atom is -0.495 e. The number of benzene rings is 3. The molecular weight excluding hydrogens is 318 g/mol. The summed E-state index contributed by atoms with van der Waals surface area (Å²) in [6.45, 7) is 0. The Hall–Kier alpha value is -2.92. The summed E-state index contributed by atoms with van der Waals surface area (Å²) in [5.74, 6) is 0.722. The van der Waals surface area contributed by atoms with Crippen LogP contribution in [0.5, 0.6) is 5.75 Å². The molecule has 0 saturated heterocycles. The van der Waals surface area contributed by atoms with Gasteiger partial charge in [-0.05, 0) is 46.8 Å². The lowest BCUT2D eigenvalue weighted by atomic mass is 10.1. The van der Waals surface area contributed by atoms with Crippen LogP contribution in [0.3, 0.4) is 0 Å². The van der Waals surface area contributed by atoms with Crippen LogP contribution in [0.1, 0.15) is 5.56 Å². The number of anilines is 1. The van der Waals surface area contributed by atoms with Crippen LogP contribution in [0.2, 0.25) is 0 Å². The molecule has 0 bridgehead atoms. The molecule has 0 aromatic heterocycles. The minimum absolute atomic E-state index is 0.400. The molecule has 0 amide bonds. The normalized spacial score (nSPS) is 10.7. The van der Waals surface area contributed by atoms with E-state index in [2.05, 4.69) is 40.1 Å². The highest BCUT2D eigenvalue weighted by molar-refractivity contribution is 7.80. The van der Waals surface area contributed by atoms with E-state index in [-0.39, 0.29) is 0 Å². The summed E-state index contributed by atoms with van der Waals surface area (Å²) < 4.78 is 5.27. The first kappa shape index (κ1) is 16.0. The topological polar surface area (TPSA) is 45.6 Å². The van der Waals surface area contributed by atoms with Crippen LogP contribution in [0.25, 0.3) is 10.8 Å². The van der Waals surface area contributed by atoms with Crippen molar-refractivity contribution in [1.82, 2.24) is 5.43 Å². The van der Waals surface area contributed by atoms with E-state index in [0.717, 1.165) is 17.0 Å². The van der Waals surface area contributed by atoms with E-state index in [1.807, 2.05) is 42.5 Å². The summed E-state index contributed by atoms with van der Waals surface area (Å²) in [6.07, 6.45) is 1.74. The molecule has 0 aliphatic carbocycles. The number of rotatable bonds is 4. The first-order chi connectivity index (χ1) is 11.8. The van der Waals surface area contributed by atoms with Gasteiger partial charge in [-0.2, -0.15) is 5.10 Å². The largest absolute Gasteiger partial charge is 0.495 e.